The van der Waals surface area contributed by atoms with Crippen molar-refractivity contribution < 1.29 is 0 Å². The van der Waals surface area contributed by atoms with Gasteiger partial charge in [0.1, 0.15) is 6.04 Å². The minimum atomic E-state index is 0.186. The summed E-state index contributed by atoms with van der Waals surface area (Å²) in [6.07, 6.45) is 3.91. The Morgan fingerprint density at radius 3 is 2.76 bits per heavy atom. The van der Waals surface area contributed by atoms with Crippen molar-refractivity contribution in [1.82, 2.24) is 0 Å². The largest absolute Gasteiger partial charge is 0.276 e. The lowest BCUT2D eigenvalue weighted by Gasteiger charge is -2.27. The first kappa shape index (κ1) is 13.1. The second kappa shape index (κ2) is 5.51. The van der Waals surface area contributed by atoms with Crippen molar-refractivity contribution in [1.29, 1.82) is 0 Å². The van der Waals surface area contributed by atoms with Crippen LogP contribution in [0.3, 0.4) is 0 Å². The molecule has 0 aromatic rings. The molecule has 1 fully saturated rings. The molecule has 0 aromatic carbocycles. The second-order valence-electron chi connectivity index (χ2n) is 5.61. The zero-order valence-electron chi connectivity index (χ0n) is 11.3. The number of thioether (sulfide) groups is 1. The third-order valence-electron chi connectivity index (χ3n) is 3.71. The van der Waals surface area contributed by atoms with Crippen molar-refractivity contribution in [3.05, 3.63) is 0 Å². The van der Waals surface area contributed by atoms with E-state index in [1.165, 1.54) is 24.3 Å². The smallest absolute Gasteiger partial charge is 0.121 e. The molecule has 0 spiro atoms. The fraction of sp³-hybridized carbons (Fsp3) is 0.923. The van der Waals surface area contributed by atoms with Gasteiger partial charge >= 0.3 is 0 Å². The average Bonchev–Trinajstić information content (AvgIpc) is 2.67. The van der Waals surface area contributed by atoms with Crippen LogP contribution in [0.25, 0.3) is 0 Å². The highest BCUT2D eigenvalue weighted by Gasteiger charge is 2.37. The Hall–Kier alpha value is -0.380. The van der Waals surface area contributed by atoms with Crippen molar-refractivity contribution in [2.45, 2.75) is 57.4 Å². The Bertz CT molecular complexity index is 325. The molecule has 1 aliphatic heterocycles. The Morgan fingerprint density at radius 1 is 1.35 bits per heavy atom. The number of nitrogens with zero attached hydrogens (tertiary/aromatic N) is 3. The average molecular weight is 253 g/mol. The zero-order chi connectivity index (χ0) is 12.4. The molecule has 0 aromatic heterocycles. The number of azo groups is 1. The molecule has 4 unspecified atom stereocenters. The Balaban J connectivity index is 2.08. The minimum absolute atomic E-state index is 0.186. The SMILES string of the molecule is CN=NC(C1=NC2CCC(C)CC2S1)C(C)C. The molecule has 0 radical (unpaired) electrons. The summed E-state index contributed by atoms with van der Waals surface area (Å²) in [6.45, 7) is 6.76. The maximum atomic E-state index is 4.91. The highest BCUT2D eigenvalue weighted by Crippen LogP contribution is 2.41. The zero-order valence-corrected chi connectivity index (χ0v) is 12.1. The first-order chi connectivity index (χ1) is 8.11. The lowest BCUT2D eigenvalue weighted by Crippen LogP contribution is -2.26. The third kappa shape index (κ3) is 2.90. The number of fused-ring (bicyclic) bond motifs is 1. The van der Waals surface area contributed by atoms with E-state index in [1.807, 2.05) is 11.8 Å². The summed E-state index contributed by atoms with van der Waals surface area (Å²) in [7, 11) is 1.75. The van der Waals surface area contributed by atoms with Crippen molar-refractivity contribution in [2.75, 3.05) is 7.05 Å². The minimum Gasteiger partial charge on any atom is -0.276 e. The molecule has 4 heteroatoms. The van der Waals surface area contributed by atoms with Crippen LogP contribution in [0.5, 0.6) is 0 Å². The van der Waals surface area contributed by atoms with Gasteiger partial charge in [0, 0.05) is 12.3 Å². The molecule has 0 saturated heterocycles. The lowest BCUT2D eigenvalue weighted by molar-refractivity contribution is 0.362. The van der Waals surface area contributed by atoms with Gasteiger partial charge in [0.05, 0.1) is 11.1 Å². The van der Waals surface area contributed by atoms with E-state index in [0.29, 0.717) is 17.2 Å². The molecule has 1 aliphatic carbocycles. The summed E-state index contributed by atoms with van der Waals surface area (Å²) >= 11 is 1.97. The number of rotatable bonds is 3. The van der Waals surface area contributed by atoms with Crippen LogP contribution < -0.4 is 0 Å². The highest BCUT2D eigenvalue weighted by molar-refractivity contribution is 8.14. The molecule has 17 heavy (non-hydrogen) atoms. The van der Waals surface area contributed by atoms with Gasteiger partial charge in [-0.05, 0) is 31.1 Å². The normalized spacial score (nSPS) is 35.1. The van der Waals surface area contributed by atoms with Crippen molar-refractivity contribution in [3.63, 3.8) is 0 Å². The van der Waals surface area contributed by atoms with E-state index in [-0.39, 0.29) is 6.04 Å². The van der Waals surface area contributed by atoms with E-state index in [4.69, 9.17) is 4.99 Å². The number of aliphatic imine (C=N–C) groups is 1. The van der Waals surface area contributed by atoms with Crippen LogP contribution in [-0.4, -0.2) is 29.4 Å². The standard InChI is InChI=1S/C13H23N3S/c1-8(2)12(16-14-4)13-15-10-6-5-9(3)7-11(10)17-13/h8-12H,5-7H2,1-4H3. The molecule has 0 amide bonds. The quantitative estimate of drug-likeness (QED) is 0.705. The molecular formula is C13H23N3S. The first-order valence-electron chi connectivity index (χ1n) is 6.65. The van der Waals surface area contributed by atoms with Crippen LogP contribution in [0.2, 0.25) is 0 Å². The van der Waals surface area contributed by atoms with Crippen LogP contribution in [0, 0.1) is 11.8 Å². The molecule has 2 rings (SSSR count). The fourth-order valence-corrected chi connectivity index (χ4v) is 4.42. The van der Waals surface area contributed by atoms with Crippen molar-refractivity contribution >= 4 is 16.8 Å². The van der Waals surface area contributed by atoms with Gasteiger partial charge in [0.2, 0.25) is 0 Å². The van der Waals surface area contributed by atoms with E-state index in [1.54, 1.807) is 7.05 Å². The Kier molecular flexibility index (Phi) is 4.23. The molecule has 0 N–H and O–H groups in total. The highest BCUT2D eigenvalue weighted by atomic mass is 32.2. The number of hydrogen-bond donors (Lipinski definition) is 0. The van der Waals surface area contributed by atoms with E-state index >= 15 is 0 Å². The number of hydrogen-bond acceptors (Lipinski definition) is 4. The third-order valence-corrected chi connectivity index (χ3v) is 5.11. The van der Waals surface area contributed by atoms with E-state index in [2.05, 4.69) is 31.0 Å². The predicted octanol–water partition coefficient (Wildman–Crippen LogP) is 3.80. The Labute approximate surface area is 109 Å². The van der Waals surface area contributed by atoms with E-state index in [9.17, 15) is 0 Å². The van der Waals surface area contributed by atoms with Gasteiger partial charge in [-0.1, -0.05) is 20.8 Å². The molecule has 1 heterocycles. The van der Waals surface area contributed by atoms with Crippen LogP contribution in [0.4, 0.5) is 0 Å². The summed E-state index contributed by atoms with van der Waals surface area (Å²) in [4.78, 5) is 4.91. The fourth-order valence-electron chi connectivity index (χ4n) is 2.67. The van der Waals surface area contributed by atoms with Gasteiger partial charge in [0.15, 0.2) is 0 Å². The summed E-state index contributed by atoms with van der Waals surface area (Å²) in [5.41, 5.74) is 0. The summed E-state index contributed by atoms with van der Waals surface area (Å²) in [6, 6.07) is 0.741. The Morgan fingerprint density at radius 2 is 2.12 bits per heavy atom. The molecule has 1 saturated carbocycles. The first-order valence-corrected chi connectivity index (χ1v) is 7.53. The van der Waals surface area contributed by atoms with Gasteiger partial charge in [-0.2, -0.15) is 10.2 Å². The molecule has 3 nitrogen and oxygen atoms in total. The van der Waals surface area contributed by atoms with Crippen molar-refractivity contribution in [2.24, 2.45) is 27.1 Å². The molecular weight excluding hydrogens is 230 g/mol. The topological polar surface area (TPSA) is 37.1 Å². The van der Waals surface area contributed by atoms with Crippen LogP contribution >= 0.6 is 11.8 Å². The maximum absolute atomic E-state index is 4.91. The van der Waals surface area contributed by atoms with Gasteiger partial charge in [-0.3, -0.25) is 4.99 Å². The van der Waals surface area contributed by atoms with Crippen molar-refractivity contribution in [3.8, 4) is 0 Å². The van der Waals surface area contributed by atoms with E-state index < -0.39 is 0 Å². The molecule has 4 atom stereocenters. The van der Waals surface area contributed by atoms with Gasteiger partial charge in [-0.15, -0.1) is 11.8 Å². The summed E-state index contributed by atoms with van der Waals surface area (Å²) in [5, 5.41) is 10.3. The van der Waals surface area contributed by atoms with Gasteiger partial charge in [-0.25, -0.2) is 0 Å². The molecule has 2 aliphatic rings. The van der Waals surface area contributed by atoms with Gasteiger partial charge in [0.25, 0.3) is 0 Å². The lowest BCUT2D eigenvalue weighted by atomic mass is 9.87. The monoisotopic (exact) mass is 253 g/mol. The van der Waals surface area contributed by atoms with Crippen LogP contribution in [0.1, 0.15) is 40.0 Å². The summed E-state index contributed by atoms with van der Waals surface area (Å²) < 4.78 is 0. The van der Waals surface area contributed by atoms with Crippen LogP contribution in [-0.2, 0) is 0 Å². The molecule has 96 valence electrons. The van der Waals surface area contributed by atoms with Crippen LogP contribution in [0.15, 0.2) is 15.2 Å². The van der Waals surface area contributed by atoms with Gasteiger partial charge < -0.3 is 0 Å². The summed E-state index contributed by atoms with van der Waals surface area (Å²) in [5.74, 6) is 1.35. The maximum Gasteiger partial charge on any atom is 0.121 e. The van der Waals surface area contributed by atoms with E-state index in [0.717, 1.165) is 5.92 Å². The predicted molar refractivity (Wildman–Crippen MR) is 75.0 cm³/mol. The second-order valence-corrected chi connectivity index (χ2v) is 6.87. The molecule has 0 bridgehead atoms.